The predicted molar refractivity (Wildman–Crippen MR) is 92.0 cm³/mol. The molecule has 1 unspecified atom stereocenters. The minimum Gasteiger partial charge on any atom is -0.505 e. The quantitative estimate of drug-likeness (QED) is 0.859. The molecule has 0 saturated carbocycles. The van der Waals surface area contributed by atoms with Crippen molar-refractivity contribution in [2.75, 3.05) is 5.32 Å². The lowest BCUT2D eigenvalue weighted by Gasteiger charge is -2.44. The van der Waals surface area contributed by atoms with Crippen LogP contribution < -0.4 is 5.32 Å². The Morgan fingerprint density at radius 2 is 1.83 bits per heavy atom. The average molecular weight is 336 g/mol. The van der Waals surface area contributed by atoms with Gasteiger partial charge in [0.05, 0.1) is 18.5 Å². The number of ether oxygens (including phenoxy) is 1. The molecule has 2 N–H and O–H groups in total. The number of hydrogen-bond acceptors (Lipinski definition) is 6. The minimum atomic E-state index is -0.219. The number of rotatable bonds is 5. The van der Waals surface area contributed by atoms with E-state index in [0.717, 1.165) is 25.7 Å². The van der Waals surface area contributed by atoms with Gasteiger partial charge in [-0.1, -0.05) is 13.8 Å². The second-order valence-electron chi connectivity index (χ2n) is 6.54. The number of amides is 1. The SMILES string of the molecule is CC[C@@H]1CC(Nc2ncc(O)cn2)C[C@H](CC)N1C(=O)OC(C)C. The summed E-state index contributed by atoms with van der Waals surface area (Å²) in [4.78, 5) is 22.6. The van der Waals surface area contributed by atoms with Crippen molar-refractivity contribution in [1.29, 1.82) is 0 Å². The molecule has 7 heteroatoms. The Bertz CT molecular complexity index is 521. The van der Waals surface area contributed by atoms with Gasteiger partial charge in [-0.15, -0.1) is 0 Å². The largest absolute Gasteiger partial charge is 0.505 e. The molecular formula is C17H28N4O3. The third kappa shape index (κ3) is 4.49. The van der Waals surface area contributed by atoms with E-state index in [1.54, 1.807) is 0 Å². The minimum absolute atomic E-state index is 0.0460. The monoisotopic (exact) mass is 336 g/mol. The van der Waals surface area contributed by atoms with Gasteiger partial charge in [0, 0.05) is 18.1 Å². The number of aromatic hydroxyl groups is 1. The van der Waals surface area contributed by atoms with Crippen molar-refractivity contribution >= 4 is 12.0 Å². The molecule has 0 radical (unpaired) electrons. The number of carbonyl (C=O) groups is 1. The van der Waals surface area contributed by atoms with E-state index < -0.39 is 0 Å². The van der Waals surface area contributed by atoms with Gasteiger partial charge in [-0.25, -0.2) is 14.8 Å². The molecule has 3 atom stereocenters. The zero-order valence-electron chi connectivity index (χ0n) is 14.9. The Morgan fingerprint density at radius 1 is 1.29 bits per heavy atom. The molecule has 134 valence electrons. The lowest BCUT2D eigenvalue weighted by molar-refractivity contribution is 0.0253. The van der Waals surface area contributed by atoms with Crippen LogP contribution in [0.1, 0.15) is 53.4 Å². The van der Waals surface area contributed by atoms with Gasteiger partial charge in [0.2, 0.25) is 5.95 Å². The van der Waals surface area contributed by atoms with Crippen molar-refractivity contribution in [1.82, 2.24) is 14.9 Å². The lowest BCUT2D eigenvalue weighted by atomic mass is 9.89. The van der Waals surface area contributed by atoms with E-state index in [4.69, 9.17) is 4.74 Å². The molecule has 24 heavy (non-hydrogen) atoms. The Balaban J connectivity index is 2.08. The van der Waals surface area contributed by atoms with Crippen molar-refractivity contribution < 1.29 is 14.6 Å². The molecule has 0 bridgehead atoms. The predicted octanol–water partition coefficient (Wildman–Crippen LogP) is 3.16. The summed E-state index contributed by atoms with van der Waals surface area (Å²) in [5, 5.41) is 12.6. The van der Waals surface area contributed by atoms with Crippen LogP contribution in [0.25, 0.3) is 0 Å². The number of piperidine rings is 1. The van der Waals surface area contributed by atoms with Crippen molar-refractivity contribution in [2.45, 2.75) is 77.6 Å². The summed E-state index contributed by atoms with van der Waals surface area (Å²) in [5.74, 6) is 0.547. The first kappa shape index (κ1) is 18.3. The number of likely N-dealkylation sites (tertiary alicyclic amines) is 1. The zero-order chi connectivity index (χ0) is 17.7. The van der Waals surface area contributed by atoms with Crippen LogP contribution in [-0.4, -0.2) is 50.3 Å². The summed E-state index contributed by atoms with van der Waals surface area (Å²) in [6.45, 7) is 7.92. The summed E-state index contributed by atoms with van der Waals surface area (Å²) in [6, 6.07) is 0.446. The Morgan fingerprint density at radius 3 is 2.29 bits per heavy atom. The standard InChI is InChI=1S/C17H28N4O3/c1-5-13-7-12(20-16-18-9-15(22)10-19-16)8-14(6-2)21(13)17(23)24-11(3)4/h9-14,22H,5-8H2,1-4H3,(H,18,19,20)/t12?,13-,14+. The fourth-order valence-corrected chi connectivity index (χ4v) is 3.26. The molecule has 2 heterocycles. The maximum absolute atomic E-state index is 12.5. The third-order valence-corrected chi connectivity index (χ3v) is 4.36. The number of nitrogens with zero attached hydrogens (tertiary/aromatic N) is 3. The van der Waals surface area contributed by atoms with E-state index in [1.165, 1.54) is 12.4 Å². The van der Waals surface area contributed by atoms with Crippen LogP contribution in [-0.2, 0) is 4.74 Å². The molecule has 2 rings (SSSR count). The van der Waals surface area contributed by atoms with Crippen LogP contribution in [0.2, 0.25) is 0 Å². The van der Waals surface area contributed by atoms with E-state index in [1.807, 2.05) is 18.7 Å². The fraction of sp³-hybridized carbons (Fsp3) is 0.706. The summed E-state index contributed by atoms with van der Waals surface area (Å²) in [6.07, 6.45) is 5.81. The van der Waals surface area contributed by atoms with Crippen LogP contribution in [0.15, 0.2) is 12.4 Å². The van der Waals surface area contributed by atoms with Gasteiger partial charge >= 0.3 is 6.09 Å². The molecule has 0 aromatic carbocycles. The van der Waals surface area contributed by atoms with E-state index >= 15 is 0 Å². The van der Waals surface area contributed by atoms with Gasteiger partial charge in [0.25, 0.3) is 0 Å². The fourth-order valence-electron chi connectivity index (χ4n) is 3.26. The highest BCUT2D eigenvalue weighted by molar-refractivity contribution is 5.69. The first-order valence-electron chi connectivity index (χ1n) is 8.71. The molecule has 1 fully saturated rings. The van der Waals surface area contributed by atoms with Gasteiger partial charge in [0.1, 0.15) is 0 Å². The first-order valence-corrected chi connectivity index (χ1v) is 8.71. The van der Waals surface area contributed by atoms with Crippen LogP contribution in [0, 0.1) is 0 Å². The smallest absolute Gasteiger partial charge is 0.410 e. The van der Waals surface area contributed by atoms with Crippen LogP contribution >= 0.6 is 0 Å². The number of nitrogens with one attached hydrogen (secondary N) is 1. The Labute approximate surface area is 143 Å². The molecule has 1 amide bonds. The van der Waals surface area contributed by atoms with Gasteiger partial charge in [0.15, 0.2) is 5.75 Å². The molecule has 7 nitrogen and oxygen atoms in total. The highest BCUT2D eigenvalue weighted by Gasteiger charge is 2.38. The van der Waals surface area contributed by atoms with Crippen molar-refractivity contribution in [3.8, 4) is 5.75 Å². The van der Waals surface area contributed by atoms with Gasteiger partial charge in [-0.05, 0) is 39.5 Å². The van der Waals surface area contributed by atoms with E-state index in [-0.39, 0.29) is 36.1 Å². The van der Waals surface area contributed by atoms with Crippen molar-refractivity contribution in [2.24, 2.45) is 0 Å². The highest BCUT2D eigenvalue weighted by Crippen LogP contribution is 2.29. The number of hydrogen-bond donors (Lipinski definition) is 2. The highest BCUT2D eigenvalue weighted by atomic mass is 16.6. The average Bonchev–Trinajstić information content (AvgIpc) is 2.55. The third-order valence-electron chi connectivity index (χ3n) is 4.36. The molecule has 0 aliphatic carbocycles. The van der Waals surface area contributed by atoms with E-state index in [2.05, 4.69) is 29.1 Å². The first-order chi connectivity index (χ1) is 11.4. The maximum atomic E-state index is 12.5. The summed E-state index contributed by atoms with van der Waals surface area (Å²) in [7, 11) is 0. The van der Waals surface area contributed by atoms with Crippen molar-refractivity contribution in [3.05, 3.63) is 12.4 Å². The Hall–Kier alpha value is -2.05. The molecule has 1 saturated heterocycles. The second-order valence-corrected chi connectivity index (χ2v) is 6.54. The second kappa shape index (κ2) is 8.17. The molecule has 1 aromatic heterocycles. The summed E-state index contributed by atoms with van der Waals surface area (Å²) in [5.41, 5.74) is 0. The molecule has 0 spiro atoms. The molecule has 1 aromatic rings. The van der Waals surface area contributed by atoms with Crippen LogP contribution in [0.4, 0.5) is 10.7 Å². The van der Waals surface area contributed by atoms with E-state index in [0.29, 0.717) is 5.95 Å². The number of aromatic nitrogens is 2. The van der Waals surface area contributed by atoms with Gasteiger partial charge in [-0.3, -0.25) is 0 Å². The summed E-state index contributed by atoms with van der Waals surface area (Å²) >= 11 is 0. The zero-order valence-corrected chi connectivity index (χ0v) is 14.9. The van der Waals surface area contributed by atoms with E-state index in [9.17, 15) is 9.90 Å². The number of anilines is 1. The lowest BCUT2D eigenvalue weighted by Crippen LogP contribution is -2.55. The molecular weight excluding hydrogens is 308 g/mol. The maximum Gasteiger partial charge on any atom is 0.410 e. The van der Waals surface area contributed by atoms with Gasteiger partial charge in [-0.2, -0.15) is 0 Å². The topological polar surface area (TPSA) is 87.6 Å². The Kier molecular flexibility index (Phi) is 6.23. The van der Waals surface area contributed by atoms with Gasteiger partial charge < -0.3 is 20.1 Å². The van der Waals surface area contributed by atoms with Crippen molar-refractivity contribution in [3.63, 3.8) is 0 Å². The molecule has 1 aliphatic heterocycles. The van der Waals surface area contributed by atoms with Crippen LogP contribution in [0.3, 0.4) is 0 Å². The number of carbonyl (C=O) groups excluding carboxylic acids is 1. The normalized spacial score (nSPS) is 24.0. The van der Waals surface area contributed by atoms with Crippen LogP contribution in [0.5, 0.6) is 5.75 Å². The summed E-state index contributed by atoms with van der Waals surface area (Å²) < 4.78 is 5.43. The molecule has 1 aliphatic rings.